The Labute approximate surface area is 155 Å². The van der Waals surface area contributed by atoms with Crippen LogP contribution in [0.25, 0.3) is 11.0 Å². The van der Waals surface area contributed by atoms with E-state index >= 15 is 0 Å². The summed E-state index contributed by atoms with van der Waals surface area (Å²) in [6, 6.07) is 21.2. The Hall–Kier alpha value is -3.54. The van der Waals surface area contributed by atoms with Gasteiger partial charge in [0.05, 0.1) is 12.1 Å². The fraction of sp³-hybridized carbons (Fsp3) is 0.0952. The molecule has 134 valence electrons. The van der Waals surface area contributed by atoms with Crippen molar-refractivity contribution >= 4 is 16.9 Å². The number of carbonyl (C=O) groups is 1. The molecule has 0 aliphatic rings. The minimum Gasteiger partial charge on any atom is -0.348 e. The van der Waals surface area contributed by atoms with Gasteiger partial charge in [0.25, 0.3) is 5.91 Å². The third-order valence-corrected chi connectivity index (χ3v) is 4.34. The molecule has 3 aromatic carbocycles. The monoisotopic (exact) mass is 360 g/mol. The van der Waals surface area contributed by atoms with E-state index in [4.69, 9.17) is 0 Å². The van der Waals surface area contributed by atoms with Crippen LogP contribution in [0.1, 0.15) is 21.5 Å². The molecule has 1 N–H and O–H groups in total. The fourth-order valence-electron chi connectivity index (χ4n) is 2.86. The third-order valence-electron chi connectivity index (χ3n) is 4.34. The summed E-state index contributed by atoms with van der Waals surface area (Å²) in [5.74, 6) is -0.460. The lowest BCUT2D eigenvalue weighted by Gasteiger charge is -2.07. The van der Waals surface area contributed by atoms with Crippen LogP contribution in [0.2, 0.25) is 0 Å². The van der Waals surface area contributed by atoms with Gasteiger partial charge in [0.15, 0.2) is 0 Å². The molecule has 0 fully saturated rings. The van der Waals surface area contributed by atoms with Gasteiger partial charge in [-0.1, -0.05) is 41.6 Å². The minimum absolute atomic E-state index is 0.169. The molecule has 0 aliphatic carbocycles. The molecule has 0 saturated heterocycles. The Morgan fingerprint density at radius 1 is 0.926 bits per heavy atom. The Bertz CT molecular complexity index is 1070. The van der Waals surface area contributed by atoms with Crippen LogP contribution in [0.5, 0.6) is 0 Å². The molecule has 0 saturated carbocycles. The predicted octanol–water partition coefficient (Wildman–Crippen LogP) is 3.55. The summed E-state index contributed by atoms with van der Waals surface area (Å²) < 4.78 is 14.7. The minimum atomic E-state index is -0.291. The van der Waals surface area contributed by atoms with Crippen LogP contribution in [-0.4, -0.2) is 20.9 Å². The highest BCUT2D eigenvalue weighted by Gasteiger charge is 2.07. The van der Waals surface area contributed by atoms with Gasteiger partial charge in [-0.05, 0) is 47.5 Å². The van der Waals surface area contributed by atoms with Gasteiger partial charge in [0, 0.05) is 12.1 Å². The van der Waals surface area contributed by atoms with Crippen LogP contribution in [-0.2, 0) is 13.1 Å². The SMILES string of the molecule is O=C(NCc1ccc(F)cc1)c1ccc(Cn2nnc3ccccc32)cc1. The van der Waals surface area contributed by atoms with Crippen LogP contribution >= 0.6 is 0 Å². The molecule has 0 radical (unpaired) electrons. The summed E-state index contributed by atoms with van der Waals surface area (Å²) in [6.07, 6.45) is 0. The number of nitrogens with one attached hydrogen (secondary N) is 1. The van der Waals surface area contributed by atoms with Crippen LogP contribution in [0.4, 0.5) is 4.39 Å². The van der Waals surface area contributed by atoms with E-state index in [2.05, 4.69) is 15.6 Å². The van der Waals surface area contributed by atoms with Crippen molar-refractivity contribution in [3.05, 3.63) is 95.3 Å². The standard InChI is InChI=1S/C21H17FN4O/c22-18-11-7-15(8-12-18)13-23-21(27)17-9-5-16(6-10-17)14-26-20-4-2-1-3-19(20)24-25-26/h1-12H,13-14H2,(H,23,27). The number of benzene rings is 3. The van der Waals surface area contributed by atoms with Crippen molar-refractivity contribution < 1.29 is 9.18 Å². The van der Waals surface area contributed by atoms with Crippen molar-refractivity contribution in [1.82, 2.24) is 20.3 Å². The zero-order valence-corrected chi connectivity index (χ0v) is 14.5. The number of hydrogen-bond acceptors (Lipinski definition) is 3. The van der Waals surface area contributed by atoms with E-state index in [1.807, 2.05) is 41.1 Å². The van der Waals surface area contributed by atoms with Gasteiger partial charge in [-0.3, -0.25) is 4.79 Å². The molecule has 4 aromatic rings. The van der Waals surface area contributed by atoms with Gasteiger partial charge in [-0.25, -0.2) is 9.07 Å². The second-order valence-electron chi connectivity index (χ2n) is 6.24. The predicted molar refractivity (Wildman–Crippen MR) is 101 cm³/mol. The molecule has 0 aliphatic heterocycles. The van der Waals surface area contributed by atoms with Crippen molar-refractivity contribution in [3.8, 4) is 0 Å². The molecule has 0 spiro atoms. The van der Waals surface area contributed by atoms with Crippen molar-refractivity contribution in [1.29, 1.82) is 0 Å². The topological polar surface area (TPSA) is 59.8 Å². The first-order valence-electron chi connectivity index (χ1n) is 8.59. The maximum Gasteiger partial charge on any atom is 0.251 e. The Balaban J connectivity index is 1.40. The fourth-order valence-corrected chi connectivity index (χ4v) is 2.86. The van der Waals surface area contributed by atoms with E-state index in [0.29, 0.717) is 18.7 Å². The molecule has 0 unspecified atom stereocenters. The second-order valence-corrected chi connectivity index (χ2v) is 6.24. The average molecular weight is 360 g/mol. The molecule has 5 nitrogen and oxygen atoms in total. The number of nitrogens with zero attached hydrogens (tertiary/aromatic N) is 3. The highest BCUT2D eigenvalue weighted by Crippen LogP contribution is 2.13. The summed E-state index contributed by atoms with van der Waals surface area (Å²) in [5, 5.41) is 11.2. The highest BCUT2D eigenvalue weighted by atomic mass is 19.1. The molecular weight excluding hydrogens is 343 g/mol. The number of rotatable bonds is 5. The second kappa shape index (κ2) is 7.37. The zero-order chi connectivity index (χ0) is 18.6. The van der Waals surface area contributed by atoms with E-state index in [-0.39, 0.29) is 11.7 Å². The Morgan fingerprint density at radius 3 is 2.41 bits per heavy atom. The first-order valence-corrected chi connectivity index (χ1v) is 8.59. The van der Waals surface area contributed by atoms with E-state index in [1.165, 1.54) is 12.1 Å². The summed E-state index contributed by atoms with van der Waals surface area (Å²) in [4.78, 5) is 12.3. The lowest BCUT2D eigenvalue weighted by Crippen LogP contribution is -2.22. The largest absolute Gasteiger partial charge is 0.348 e. The molecule has 0 bridgehead atoms. The summed E-state index contributed by atoms with van der Waals surface area (Å²) in [7, 11) is 0. The van der Waals surface area contributed by atoms with Crippen molar-refractivity contribution in [3.63, 3.8) is 0 Å². The van der Waals surface area contributed by atoms with E-state index in [9.17, 15) is 9.18 Å². The molecule has 1 aromatic heterocycles. The Morgan fingerprint density at radius 2 is 1.63 bits per heavy atom. The number of aromatic nitrogens is 3. The number of halogens is 1. The average Bonchev–Trinajstić information content (AvgIpc) is 3.11. The number of carbonyl (C=O) groups excluding carboxylic acids is 1. The van der Waals surface area contributed by atoms with Crippen molar-refractivity contribution in [2.24, 2.45) is 0 Å². The Kier molecular flexibility index (Phi) is 4.61. The summed E-state index contributed by atoms with van der Waals surface area (Å²) in [6.45, 7) is 0.934. The zero-order valence-electron chi connectivity index (χ0n) is 14.5. The summed E-state index contributed by atoms with van der Waals surface area (Å²) >= 11 is 0. The lowest BCUT2D eigenvalue weighted by molar-refractivity contribution is 0.0951. The number of para-hydroxylation sites is 1. The van der Waals surface area contributed by atoms with Crippen LogP contribution in [0.3, 0.4) is 0 Å². The molecule has 4 rings (SSSR count). The first-order chi connectivity index (χ1) is 13.2. The normalized spacial score (nSPS) is 10.9. The van der Waals surface area contributed by atoms with Crippen LogP contribution in [0.15, 0.2) is 72.8 Å². The van der Waals surface area contributed by atoms with Gasteiger partial charge >= 0.3 is 0 Å². The van der Waals surface area contributed by atoms with Gasteiger partial charge in [-0.15, -0.1) is 5.10 Å². The maximum atomic E-state index is 12.9. The van der Waals surface area contributed by atoms with Gasteiger partial charge < -0.3 is 5.32 Å². The maximum absolute atomic E-state index is 12.9. The van der Waals surface area contributed by atoms with E-state index in [0.717, 1.165) is 22.2 Å². The van der Waals surface area contributed by atoms with Crippen LogP contribution < -0.4 is 5.32 Å². The molecular formula is C21H17FN4O. The number of fused-ring (bicyclic) bond motifs is 1. The van der Waals surface area contributed by atoms with E-state index < -0.39 is 0 Å². The summed E-state index contributed by atoms with van der Waals surface area (Å²) in [5.41, 5.74) is 4.28. The smallest absolute Gasteiger partial charge is 0.251 e. The molecule has 1 heterocycles. The highest BCUT2D eigenvalue weighted by molar-refractivity contribution is 5.94. The molecule has 1 amide bonds. The first kappa shape index (κ1) is 16.9. The number of amides is 1. The third kappa shape index (κ3) is 3.84. The molecule has 27 heavy (non-hydrogen) atoms. The van der Waals surface area contributed by atoms with Crippen molar-refractivity contribution in [2.75, 3.05) is 0 Å². The van der Waals surface area contributed by atoms with Gasteiger partial charge in [0.2, 0.25) is 0 Å². The van der Waals surface area contributed by atoms with Gasteiger partial charge in [0.1, 0.15) is 11.3 Å². The van der Waals surface area contributed by atoms with Gasteiger partial charge in [-0.2, -0.15) is 0 Å². The lowest BCUT2D eigenvalue weighted by atomic mass is 10.1. The van der Waals surface area contributed by atoms with E-state index in [1.54, 1.807) is 24.3 Å². The molecule has 6 heteroatoms. The quantitative estimate of drug-likeness (QED) is 0.592. The van der Waals surface area contributed by atoms with Crippen LogP contribution in [0, 0.1) is 5.82 Å². The molecule has 0 atom stereocenters. The van der Waals surface area contributed by atoms with Crippen molar-refractivity contribution in [2.45, 2.75) is 13.1 Å². The number of hydrogen-bond donors (Lipinski definition) is 1.